The Morgan fingerprint density at radius 2 is 2.17 bits per heavy atom. The smallest absolute Gasteiger partial charge is 0.310 e. The van der Waals surface area contributed by atoms with Gasteiger partial charge in [0.2, 0.25) is 0 Å². The van der Waals surface area contributed by atoms with Gasteiger partial charge in [-0.2, -0.15) is 0 Å². The zero-order valence-electron chi connectivity index (χ0n) is 13.5. The lowest BCUT2D eigenvalue weighted by Gasteiger charge is -2.31. The molecule has 0 saturated carbocycles. The lowest BCUT2D eigenvalue weighted by molar-refractivity contribution is -0.151. The summed E-state index contributed by atoms with van der Waals surface area (Å²) in [6, 6.07) is 5.27. The van der Waals surface area contributed by atoms with Gasteiger partial charge in [-0.25, -0.2) is 0 Å². The molecule has 1 saturated heterocycles. The van der Waals surface area contributed by atoms with Crippen molar-refractivity contribution in [2.24, 2.45) is 5.92 Å². The van der Waals surface area contributed by atoms with Gasteiger partial charge >= 0.3 is 5.97 Å². The highest BCUT2D eigenvalue weighted by Gasteiger charge is 2.29. The lowest BCUT2D eigenvalue weighted by atomic mass is 9.98. The van der Waals surface area contributed by atoms with Gasteiger partial charge in [0.25, 0.3) is 5.91 Å². The molecular weight excluding hydrogens is 318 g/mol. The van der Waals surface area contributed by atoms with Gasteiger partial charge in [0, 0.05) is 18.1 Å². The molecule has 0 unspecified atom stereocenters. The molecule has 1 aliphatic heterocycles. The zero-order valence-corrected chi connectivity index (χ0v) is 14.3. The Hall–Kier alpha value is -1.75. The summed E-state index contributed by atoms with van der Waals surface area (Å²) in [7, 11) is 0. The zero-order chi connectivity index (χ0) is 16.8. The van der Waals surface area contributed by atoms with Crippen LogP contribution in [0.4, 0.5) is 0 Å². The van der Waals surface area contributed by atoms with Crippen LogP contribution in [-0.2, 0) is 14.3 Å². The second-order valence-electron chi connectivity index (χ2n) is 5.63. The first-order valence-electron chi connectivity index (χ1n) is 7.84. The Balaban J connectivity index is 1.88. The van der Waals surface area contributed by atoms with Crippen molar-refractivity contribution < 1.29 is 19.1 Å². The van der Waals surface area contributed by atoms with Gasteiger partial charge in [0.1, 0.15) is 5.75 Å². The van der Waals surface area contributed by atoms with E-state index in [1.54, 1.807) is 30.0 Å². The Labute approximate surface area is 141 Å². The summed E-state index contributed by atoms with van der Waals surface area (Å²) in [4.78, 5) is 25.8. The van der Waals surface area contributed by atoms with E-state index in [0.717, 1.165) is 18.4 Å². The Morgan fingerprint density at radius 3 is 2.87 bits per heavy atom. The summed E-state index contributed by atoms with van der Waals surface area (Å²) in [5, 5.41) is 0.634. The maximum Gasteiger partial charge on any atom is 0.310 e. The highest BCUT2D eigenvalue weighted by atomic mass is 35.5. The Bertz CT molecular complexity index is 576. The number of ether oxygens (including phenoxy) is 2. The van der Waals surface area contributed by atoms with Crippen molar-refractivity contribution in [1.29, 1.82) is 0 Å². The number of halogens is 1. The highest BCUT2D eigenvalue weighted by Crippen LogP contribution is 2.22. The van der Waals surface area contributed by atoms with Gasteiger partial charge in [-0.1, -0.05) is 11.6 Å². The van der Waals surface area contributed by atoms with Crippen LogP contribution in [0.25, 0.3) is 0 Å². The van der Waals surface area contributed by atoms with Crippen LogP contribution in [0.5, 0.6) is 5.75 Å². The first-order chi connectivity index (χ1) is 11.0. The van der Waals surface area contributed by atoms with Crippen molar-refractivity contribution in [3.05, 3.63) is 28.8 Å². The van der Waals surface area contributed by atoms with Crippen LogP contribution in [0.2, 0.25) is 5.02 Å². The van der Waals surface area contributed by atoms with Gasteiger partial charge in [0.05, 0.1) is 12.5 Å². The molecule has 6 heteroatoms. The molecule has 126 valence electrons. The van der Waals surface area contributed by atoms with Gasteiger partial charge in [0.15, 0.2) is 6.61 Å². The molecule has 1 aromatic carbocycles. The number of likely N-dealkylation sites (tertiary alicyclic amines) is 1. The average Bonchev–Trinajstić information content (AvgIpc) is 2.54. The fraction of sp³-hybridized carbons (Fsp3) is 0.529. The molecule has 0 aromatic heterocycles. The van der Waals surface area contributed by atoms with Gasteiger partial charge in [-0.15, -0.1) is 0 Å². The summed E-state index contributed by atoms with van der Waals surface area (Å²) >= 11 is 5.90. The van der Waals surface area contributed by atoms with Crippen molar-refractivity contribution in [1.82, 2.24) is 4.90 Å². The molecule has 0 N–H and O–H groups in total. The number of piperidine rings is 1. The van der Waals surface area contributed by atoms with Crippen LogP contribution in [0.15, 0.2) is 18.2 Å². The van der Waals surface area contributed by atoms with E-state index in [1.807, 2.05) is 6.92 Å². The third-order valence-electron chi connectivity index (χ3n) is 3.88. The number of rotatable bonds is 5. The second-order valence-corrected chi connectivity index (χ2v) is 6.07. The minimum atomic E-state index is -0.232. The highest BCUT2D eigenvalue weighted by molar-refractivity contribution is 6.30. The van der Waals surface area contributed by atoms with Crippen LogP contribution >= 0.6 is 11.6 Å². The normalized spacial score (nSPS) is 17.7. The average molecular weight is 340 g/mol. The largest absolute Gasteiger partial charge is 0.483 e. The molecule has 23 heavy (non-hydrogen) atoms. The third-order valence-corrected chi connectivity index (χ3v) is 4.12. The standard InChI is InChI=1S/C17H22ClNO4/c1-3-22-17(21)13-5-4-8-19(10-13)16(20)11-23-15-7-6-14(18)9-12(15)2/h6-7,9,13H,3-5,8,10-11H2,1-2H3/t13-/m0/s1. The molecule has 0 spiro atoms. The van der Waals surface area contributed by atoms with Crippen molar-refractivity contribution in [2.45, 2.75) is 26.7 Å². The Morgan fingerprint density at radius 1 is 1.39 bits per heavy atom. The Kier molecular flexibility index (Phi) is 6.28. The molecule has 2 rings (SSSR count). The van der Waals surface area contributed by atoms with E-state index in [9.17, 15) is 9.59 Å². The first-order valence-corrected chi connectivity index (χ1v) is 8.22. The molecule has 1 atom stereocenters. The number of hydrogen-bond donors (Lipinski definition) is 0. The molecule has 5 nitrogen and oxygen atoms in total. The van der Waals surface area contributed by atoms with Gasteiger partial charge < -0.3 is 14.4 Å². The number of carbonyl (C=O) groups is 2. The number of amides is 1. The fourth-order valence-electron chi connectivity index (χ4n) is 2.66. The molecule has 0 radical (unpaired) electrons. The van der Waals surface area contributed by atoms with Crippen molar-refractivity contribution in [3.8, 4) is 5.75 Å². The number of hydrogen-bond acceptors (Lipinski definition) is 4. The van der Waals surface area contributed by atoms with Crippen LogP contribution in [0.1, 0.15) is 25.3 Å². The van der Waals surface area contributed by atoms with E-state index in [0.29, 0.717) is 30.5 Å². The number of aryl methyl sites for hydroxylation is 1. The summed E-state index contributed by atoms with van der Waals surface area (Å²) in [6.45, 7) is 5.04. The number of benzene rings is 1. The topological polar surface area (TPSA) is 55.8 Å². The fourth-order valence-corrected chi connectivity index (χ4v) is 2.89. The number of carbonyl (C=O) groups excluding carboxylic acids is 2. The van der Waals surface area contributed by atoms with E-state index >= 15 is 0 Å². The quantitative estimate of drug-likeness (QED) is 0.774. The molecule has 1 heterocycles. The van der Waals surface area contributed by atoms with E-state index in [-0.39, 0.29) is 24.4 Å². The minimum absolute atomic E-state index is 0.0436. The predicted molar refractivity (Wildman–Crippen MR) is 87.6 cm³/mol. The van der Waals surface area contributed by atoms with E-state index in [2.05, 4.69) is 0 Å². The van der Waals surface area contributed by atoms with E-state index < -0.39 is 0 Å². The molecule has 0 bridgehead atoms. The molecule has 1 aliphatic rings. The van der Waals surface area contributed by atoms with Crippen molar-refractivity contribution >= 4 is 23.5 Å². The van der Waals surface area contributed by atoms with E-state index in [1.165, 1.54) is 0 Å². The maximum absolute atomic E-state index is 12.3. The summed E-state index contributed by atoms with van der Waals surface area (Å²) in [5.41, 5.74) is 0.883. The first kappa shape index (κ1) is 17.6. The van der Waals surface area contributed by atoms with Crippen molar-refractivity contribution in [2.75, 3.05) is 26.3 Å². The van der Waals surface area contributed by atoms with Crippen LogP contribution in [-0.4, -0.2) is 43.1 Å². The molecule has 1 fully saturated rings. The van der Waals surface area contributed by atoms with Gasteiger partial charge in [-0.05, 0) is 50.5 Å². The molecule has 0 aliphatic carbocycles. The molecular formula is C17H22ClNO4. The number of esters is 1. The van der Waals surface area contributed by atoms with Gasteiger partial charge in [-0.3, -0.25) is 9.59 Å². The monoisotopic (exact) mass is 339 g/mol. The van der Waals surface area contributed by atoms with E-state index in [4.69, 9.17) is 21.1 Å². The van der Waals surface area contributed by atoms with Crippen LogP contribution in [0, 0.1) is 12.8 Å². The van der Waals surface area contributed by atoms with Crippen LogP contribution in [0.3, 0.4) is 0 Å². The minimum Gasteiger partial charge on any atom is -0.483 e. The lowest BCUT2D eigenvalue weighted by Crippen LogP contribution is -2.44. The second kappa shape index (κ2) is 8.20. The third kappa shape index (κ3) is 4.86. The van der Waals surface area contributed by atoms with Crippen molar-refractivity contribution in [3.63, 3.8) is 0 Å². The number of nitrogens with zero attached hydrogens (tertiary/aromatic N) is 1. The summed E-state index contributed by atoms with van der Waals surface area (Å²) in [6.07, 6.45) is 1.56. The SMILES string of the molecule is CCOC(=O)[C@H]1CCCN(C(=O)COc2ccc(Cl)cc2C)C1. The summed E-state index contributed by atoms with van der Waals surface area (Å²) in [5.74, 6) is 0.0689. The molecule has 1 amide bonds. The van der Waals surface area contributed by atoms with Crippen LogP contribution < -0.4 is 4.74 Å². The summed E-state index contributed by atoms with van der Waals surface area (Å²) < 4.78 is 10.6. The molecule has 1 aromatic rings. The predicted octanol–water partition coefficient (Wildman–Crippen LogP) is 2.83. The maximum atomic E-state index is 12.3.